The smallest absolute Gasteiger partial charge is 0.244 e. The van der Waals surface area contributed by atoms with Gasteiger partial charge >= 0.3 is 0 Å². The van der Waals surface area contributed by atoms with Crippen molar-refractivity contribution in [3.05, 3.63) is 30.2 Å². The fourth-order valence-corrected chi connectivity index (χ4v) is 2.39. The Balaban J connectivity index is 1.50. The van der Waals surface area contributed by atoms with E-state index in [1.54, 1.807) is 24.5 Å². The summed E-state index contributed by atoms with van der Waals surface area (Å²) in [6.45, 7) is 1.30. The molecule has 0 aromatic carbocycles. The summed E-state index contributed by atoms with van der Waals surface area (Å²) in [6.07, 6.45) is 10.1. The van der Waals surface area contributed by atoms with Crippen LogP contribution in [0.3, 0.4) is 0 Å². The van der Waals surface area contributed by atoms with Crippen LogP contribution in [0.4, 0.5) is 0 Å². The summed E-state index contributed by atoms with van der Waals surface area (Å²) in [5, 5.41) is 2.82. The summed E-state index contributed by atoms with van der Waals surface area (Å²) >= 11 is 0. The number of ether oxygens (including phenoxy) is 1. The first-order chi connectivity index (χ1) is 10.2. The Bertz CT molecular complexity index is 434. The van der Waals surface area contributed by atoms with E-state index in [9.17, 15) is 4.79 Å². The molecule has 0 atom stereocenters. The van der Waals surface area contributed by atoms with Crippen molar-refractivity contribution >= 4 is 12.0 Å². The van der Waals surface area contributed by atoms with Crippen molar-refractivity contribution in [3.63, 3.8) is 0 Å². The highest BCUT2D eigenvalue weighted by Crippen LogP contribution is 2.19. The van der Waals surface area contributed by atoms with Crippen LogP contribution in [0.5, 0.6) is 0 Å². The normalized spacial score (nSPS) is 22.5. The van der Waals surface area contributed by atoms with Gasteiger partial charge in [-0.25, -0.2) is 0 Å². The lowest BCUT2D eigenvalue weighted by Crippen LogP contribution is -2.31. The maximum atomic E-state index is 11.5. The van der Waals surface area contributed by atoms with Gasteiger partial charge in [0.05, 0.1) is 12.4 Å². The second-order valence-corrected chi connectivity index (χ2v) is 5.40. The highest BCUT2D eigenvalue weighted by atomic mass is 16.5. The van der Waals surface area contributed by atoms with Crippen LogP contribution in [0, 0.1) is 0 Å². The third kappa shape index (κ3) is 6.14. The van der Waals surface area contributed by atoms with Crippen LogP contribution in [-0.4, -0.2) is 31.2 Å². The molecule has 1 aromatic heterocycles. The average molecular weight is 292 g/mol. The van der Waals surface area contributed by atoms with Crippen LogP contribution < -0.4 is 11.1 Å². The monoisotopic (exact) mass is 292 g/mol. The zero-order chi connectivity index (χ0) is 14.9. The minimum atomic E-state index is -0.116. The van der Waals surface area contributed by atoms with Crippen molar-refractivity contribution in [1.82, 2.24) is 5.32 Å². The second-order valence-electron chi connectivity index (χ2n) is 5.40. The van der Waals surface area contributed by atoms with Gasteiger partial charge in [-0.2, -0.15) is 0 Å². The first-order valence-corrected chi connectivity index (χ1v) is 7.60. The molecule has 5 nitrogen and oxygen atoms in total. The van der Waals surface area contributed by atoms with Crippen LogP contribution in [0.25, 0.3) is 6.08 Å². The fourth-order valence-electron chi connectivity index (χ4n) is 2.39. The zero-order valence-corrected chi connectivity index (χ0v) is 12.3. The molecule has 0 radical (unpaired) electrons. The number of carbonyl (C=O) groups excluding carboxylic acids is 1. The molecular formula is C16H24N2O3. The lowest BCUT2D eigenvalue weighted by molar-refractivity contribution is -0.116. The van der Waals surface area contributed by atoms with Crippen LogP contribution in [0.15, 0.2) is 28.9 Å². The number of carbonyl (C=O) groups is 1. The number of nitrogens with one attached hydrogen (secondary N) is 1. The molecule has 5 heteroatoms. The van der Waals surface area contributed by atoms with Gasteiger partial charge in [0.25, 0.3) is 0 Å². The number of rotatable bonds is 7. The molecule has 21 heavy (non-hydrogen) atoms. The Morgan fingerprint density at radius 1 is 1.43 bits per heavy atom. The number of hydrogen-bond acceptors (Lipinski definition) is 4. The highest BCUT2D eigenvalue weighted by Gasteiger charge is 2.18. The molecule has 0 spiro atoms. The van der Waals surface area contributed by atoms with E-state index in [1.165, 1.54) is 6.08 Å². The summed E-state index contributed by atoms with van der Waals surface area (Å²) in [6, 6.07) is 3.94. The molecule has 116 valence electrons. The van der Waals surface area contributed by atoms with E-state index >= 15 is 0 Å². The Hall–Kier alpha value is -1.59. The summed E-state index contributed by atoms with van der Waals surface area (Å²) in [7, 11) is 0. The highest BCUT2D eigenvalue weighted by molar-refractivity contribution is 5.91. The second kappa shape index (κ2) is 8.64. The van der Waals surface area contributed by atoms with Crippen molar-refractivity contribution in [2.45, 2.75) is 44.2 Å². The molecule has 0 aliphatic heterocycles. The number of amides is 1. The summed E-state index contributed by atoms with van der Waals surface area (Å²) in [5.41, 5.74) is 5.85. The first-order valence-electron chi connectivity index (χ1n) is 7.60. The predicted molar refractivity (Wildman–Crippen MR) is 81.6 cm³/mol. The topological polar surface area (TPSA) is 77.5 Å². The molecule has 1 amide bonds. The van der Waals surface area contributed by atoms with Crippen molar-refractivity contribution < 1.29 is 13.9 Å². The van der Waals surface area contributed by atoms with E-state index in [0.29, 0.717) is 31.1 Å². The largest absolute Gasteiger partial charge is 0.465 e. The van der Waals surface area contributed by atoms with E-state index in [4.69, 9.17) is 14.9 Å². The maximum absolute atomic E-state index is 11.5. The van der Waals surface area contributed by atoms with Crippen LogP contribution in [0.2, 0.25) is 0 Å². The number of furan rings is 1. The molecule has 1 aliphatic rings. The van der Waals surface area contributed by atoms with Crippen molar-refractivity contribution in [2.24, 2.45) is 5.73 Å². The molecule has 0 unspecified atom stereocenters. The van der Waals surface area contributed by atoms with Gasteiger partial charge < -0.3 is 20.2 Å². The third-order valence-electron chi connectivity index (χ3n) is 3.63. The first kappa shape index (κ1) is 15.8. The van der Waals surface area contributed by atoms with E-state index in [0.717, 1.165) is 32.1 Å². The van der Waals surface area contributed by atoms with Gasteiger partial charge in [0.15, 0.2) is 0 Å². The van der Waals surface area contributed by atoms with Gasteiger partial charge in [-0.15, -0.1) is 0 Å². The molecule has 1 saturated carbocycles. The van der Waals surface area contributed by atoms with E-state index < -0.39 is 0 Å². The lowest BCUT2D eigenvalue weighted by Gasteiger charge is -2.26. The van der Waals surface area contributed by atoms with Gasteiger partial charge in [-0.05, 0) is 50.3 Å². The number of nitrogens with two attached hydrogens (primary N) is 1. The van der Waals surface area contributed by atoms with Gasteiger partial charge in [0.2, 0.25) is 5.91 Å². The molecular weight excluding hydrogens is 268 g/mol. The summed E-state index contributed by atoms with van der Waals surface area (Å²) in [4.78, 5) is 11.5. The predicted octanol–water partition coefficient (Wildman–Crippen LogP) is 2.09. The maximum Gasteiger partial charge on any atom is 0.244 e. The van der Waals surface area contributed by atoms with Gasteiger partial charge in [0, 0.05) is 25.3 Å². The SMILES string of the molecule is NC1CCC(OCCCNC(=O)C=Cc2ccco2)CC1. The quantitative estimate of drug-likeness (QED) is 0.596. The zero-order valence-electron chi connectivity index (χ0n) is 12.3. The molecule has 1 aromatic rings. The molecule has 0 bridgehead atoms. The Kier molecular flexibility index (Phi) is 6.50. The van der Waals surface area contributed by atoms with Crippen molar-refractivity contribution in [2.75, 3.05) is 13.2 Å². The van der Waals surface area contributed by atoms with Crippen LogP contribution >= 0.6 is 0 Å². The van der Waals surface area contributed by atoms with Gasteiger partial charge in [-0.3, -0.25) is 4.79 Å². The van der Waals surface area contributed by atoms with E-state index in [2.05, 4.69) is 5.32 Å². The van der Waals surface area contributed by atoms with Gasteiger partial charge in [-0.1, -0.05) is 0 Å². The molecule has 3 N–H and O–H groups in total. The van der Waals surface area contributed by atoms with E-state index in [1.807, 2.05) is 0 Å². The Labute approximate surface area is 125 Å². The fraction of sp³-hybridized carbons (Fsp3) is 0.562. The lowest BCUT2D eigenvalue weighted by atomic mass is 9.94. The third-order valence-corrected chi connectivity index (χ3v) is 3.63. The van der Waals surface area contributed by atoms with Crippen molar-refractivity contribution in [1.29, 1.82) is 0 Å². The standard InChI is InChI=1S/C16H24N2O3/c17-13-4-6-15(7-5-13)21-12-2-10-18-16(19)9-8-14-3-1-11-20-14/h1,3,8-9,11,13,15H,2,4-7,10,12,17H2,(H,18,19). The van der Waals surface area contributed by atoms with Crippen molar-refractivity contribution in [3.8, 4) is 0 Å². The molecule has 1 fully saturated rings. The van der Waals surface area contributed by atoms with E-state index in [-0.39, 0.29) is 5.91 Å². The molecule has 0 saturated heterocycles. The molecule has 2 rings (SSSR count). The average Bonchev–Trinajstić information content (AvgIpc) is 3.00. The molecule has 1 aliphatic carbocycles. The minimum Gasteiger partial charge on any atom is -0.465 e. The Morgan fingerprint density at radius 3 is 2.95 bits per heavy atom. The summed E-state index contributed by atoms with van der Waals surface area (Å²) < 4.78 is 10.9. The molecule has 1 heterocycles. The number of hydrogen-bond donors (Lipinski definition) is 2. The van der Waals surface area contributed by atoms with Crippen LogP contribution in [0.1, 0.15) is 37.9 Å². The summed E-state index contributed by atoms with van der Waals surface area (Å²) in [5.74, 6) is 0.555. The van der Waals surface area contributed by atoms with Crippen LogP contribution in [-0.2, 0) is 9.53 Å². The minimum absolute atomic E-state index is 0.116. The van der Waals surface area contributed by atoms with Gasteiger partial charge in [0.1, 0.15) is 5.76 Å². The Morgan fingerprint density at radius 2 is 2.24 bits per heavy atom.